The molecule has 1 saturated carbocycles. The van der Waals surface area contributed by atoms with Crippen LogP contribution in [0.25, 0.3) is 0 Å². The zero-order chi connectivity index (χ0) is 16.1. The Kier molecular flexibility index (Phi) is 5.38. The van der Waals surface area contributed by atoms with Gasteiger partial charge in [0.1, 0.15) is 6.21 Å². The fourth-order valence-corrected chi connectivity index (χ4v) is 2.28. The summed E-state index contributed by atoms with van der Waals surface area (Å²) < 4.78 is 0. The molecular formula is C15H18ClN3O3. The minimum Gasteiger partial charge on any atom is -0.386 e. The normalized spacial score (nSPS) is 14.0. The molecule has 0 spiro atoms. The van der Waals surface area contributed by atoms with Crippen molar-refractivity contribution >= 4 is 35.3 Å². The zero-order valence-corrected chi connectivity index (χ0v) is 13.2. The van der Waals surface area contributed by atoms with Crippen LogP contribution in [-0.4, -0.2) is 30.7 Å². The lowest BCUT2D eigenvalue weighted by atomic mass is 10.1. The minimum atomic E-state index is -0.476. The molecule has 7 heteroatoms. The lowest BCUT2D eigenvalue weighted by Gasteiger charge is -2.09. The predicted octanol–water partition coefficient (Wildman–Crippen LogP) is 2.18. The molecule has 0 saturated heterocycles. The van der Waals surface area contributed by atoms with Crippen LogP contribution in [0.4, 0.5) is 5.69 Å². The molecule has 0 unspecified atom stereocenters. The average molecular weight is 324 g/mol. The Morgan fingerprint density at radius 1 is 1.41 bits per heavy atom. The summed E-state index contributed by atoms with van der Waals surface area (Å²) in [5.74, 6) is -0.714. The topological polar surface area (TPSA) is 79.8 Å². The molecule has 118 valence electrons. The van der Waals surface area contributed by atoms with Crippen LogP contribution in [0.2, 0.25) is 5.02 Å². The van der Waals surface area contributed by atoms with Gasteiger partial charge in [-0.15, -0.1) is 0 Å². The zero-order valence-electron chi connectivity index (χ0n) is 12.5. The summed E-state index contributed by atoms with van der Waals surface area (Å²) in [7, 11) is 0. The third kappa shape index (κ3) is 5.04. The van der Waals surface area contributed by atoms with Crippen molar-refractivity contribution in [3.8, 4) is 0 Å². The van der Waals surface area contributed by atoms with Crippen LogP contribution in [0.5, 0.6) is 0 Å². The first-order valence-electron chi connectivity index (χ1n) is 6.98. The van der Waals surface area contributed by atoms with Crippen LogP contribution in [-0.2, 0) is 14.4 Å². The van der Waals surface area contributed by atoms with Crippen LogP contribution >= 0.6 is 11.6 Å². The fraction of sp³-hybridized carbons (Fsp3) is 0.400. The Morgan fingerprint density at radius 2 is 2.14 bits per heavy atom. The van der Waals surface area contributed by atoms with E-state index in [4.69, 9.17) is 16.4 Å². The highest BCUT2D eigenvalue weighted by molar-refractivity contribution is 6.37. The smallest absolute Gasteiger partial charge is 0.270 e. The second kappa shape index (κ2) is 7.26. The summed E-state index contributed by atoms with van der Waals surface area (Å²) in [5.41, 5.74) is 2.41. The van der Waals surface area contributed by atoms with Gasteiger partial charge in [0.2, 0.25) is 0 Å². The molecule has 0 atom stereocenters. The first-order valence-corrected chi connectivity index (χ1v) is 7.36. The molecule has 2 rings (SSSR count). The highest BCUT2D eigenvalue weighted by atomic mass is 35.5. The molecule has 1 aliphatic rings. The Balaban J connectivity index is 1.79. The van der Waals surface area contributed by atoms with Crippen molar-refractivity contribution in [1.29, 1.82) is 0 Å². The molecule has 1 aliphatic carbocycles. The minimum absolute atomic E-state index is 0.204. The maximum atomic E-state index is 11.7. The van der Waals surface area contributed by atoms with Gasteiger partial charge in [0, 0.05) is 6.04 Å². The third-order valence-electron chi connectivity index (χ3n) is 3.06. The number of hydrogen-bond donors (Lipinski definition) is 2. The maximum Gasteiger partial charge on any atom is 0.270 e. The van der Waals surface area contributed by atoms with E-state index in [2.05, 4.69) is 15.8 Å². The second-order valence-corrected chi connectivity index (χ2v) is 5.68. The molecule has 1 aromatic rings. The van der Waals surface area contributed by atoms with E-state index in [1.165, 1.54) is 0 Å². The van der Waals surface area contributed by atoms with E-state index in [9.17, 15) is 9.59 Å². The molecule has 1 fully saturated rings. The number of anilines is 1. The van der Waals surface area contributed by atoms with Crippen LogP contribution in [0.1, 0.15) is 24.0 Å². The van der Waals surface area contributed by atoms with Crippen molar-refractivity contribution in [2.75, 3.05) is 11.9 Å². The van der Waals surface area contributed by atoms with E-state index >= 15 is 0 Å². The lowest BCUT2D eigenvalue weighted by Crippen LogP contribution is -2.28. The largest absolute Gasteiger partial charge is 0.386 e. The summed E-state index contributed by atoms with van der Waals surface area (Å²) in [6, 6.07) is 3.95. The molecule has 2 amide bonds. The van der Waals surface area contributed by atoms with Gasteiger partial charge in [0.05, 0.1) is 10.7 Å². The van der Waals surface area contributed by atoms with E-state index in [1.54, 1.807) is 6.07 Å². The van der Waals surface area contributed by atoms with Gasteiger partial charge >= 0.3 is 0 Å². The lowest BCUT2D eigenvalue weighted by molar-refractivity contribution is -0.126. The number of benzene rings is 1. The van der Waals surface area contributed by atoms with Gasteiger partial charge in [0.15, 0.2) is 6.61 Å². The molecule has 0 radical (unpaired) electrons. The van der Waals surface area contributed by atoms with E-state index < -0.39 is 5.91 Å². The molecular weight excluding hydrogens is 306 g/mol. The van der Waals surface area contributed by atoms with E-state index in [0.29, 0.717) is 10.7 Å². The summed E-state index contributed by atoms with van der Waals surface area (Å²) in [6.07, 6.45) is 2.99. The van der Waals surface area contributed by atoms with Crippen LogP contribution < -0.4 is 10.6 Å². The number of amides is 2. The SMILES string of the molecule is Cc1cc(C)c(NC(=O)/C=N/OCC(=O)NC2CC2)c(Cl)c1. The number of carbonyl (C=O) groups is 2. The third-order valence-corrected chi connectivity index (χ3v) is 3.36. The first-order chi connectivity index (χ1) is 10.5. The van der Waals surface area contributed by atoms with Gasteiger partial charge in [-0.25, -0.2) is 0 Å². The van der Waals surface area contributed by atoms with Crippen LogP contribution in [0, 0.1) is 13.8 Å². The van der Waals surface area contributed by atoms with Gasteiger partial charge in [0.25, 0.3) is 11.8 Å². The summed E-state index contributed by atoms with van der Waals surface area (Å²) in [5, 5.41) is 9.31. The summed E-state index contributed by atoms with van der Waals surface area (Å²) in [4.78, 5) is 27.8. The number of nitrogens with one attached hydrogen (secondary N) is 2. The Bertz CT molecular complexity index is 589. The fourth-order valence-electron chi connectivity index (χ4n) is 1.91. The van der Waals surface area contributed by atoms with Crippen molar-refractivity contribution in [2.24, 2.45) is 5.16 Å². The van der Waals surface area contributed by atoms with E-state index in [-0.39, 0.29) is 18.6 Å². The Labute approximate surface area is 133 Å². The van der Waals surface area contributed by atoms with Crippen molar-refractivity contribution in [3.63, 3.8) is 0 Å². The van der Waals surface area contributed by atoms with Gasteiger partial charge < -0.3 is 15.5 Å². The van der Waals surface area contributed by atoms with Crippen molar-refractivity contribution in [1.82, 2.24) is 5.32 Å². The number of oxime groups is 1. The first kappa shape index (κ1) is 16.3. The molecule has 22 heavy (non-hydrogen) atoms. The second-order valence-electron chi connectivity index (χ2n) is 5.28. The molecule has 1 aromatic carbocycles. The monoisotopic (exact) mass is 323 g/mol. The van der Waals surface area contributed by atoms with Crippen LogP contribution in [0.3, 0.4) is 0 Å². The number of carbonyl (C=O) groups excluding carboxylic acids is 2. The molecule has 6 nitrogen and oxygen atoms in total. The number of hydrogen-bond acceptors (Lipinski definition) is 4. The number of aryl methyl sites for hydroxylation is 2. The van der Waals surface area contributed by atoms with Crippen LogP contribution in [0.15, 0.2) is 17.3 Å². The Hall–Kier alpha value is -2.08. The summed E-state index contributed by atoms with van der Waals surface area (Å²) in [6.45, 7) is 3.57. The van der Waals surface area contributed by atoms with Gasteiger partial charge in [-0.2, -0.15) is 0 Å². The van der Waals surface area contributed by atoms with Crippen molar-refractivity contribution in [3.05, 3.63) is 28.3 Å². The van der Waals surface area contributed by atoms with Gasteiger partial charge in [-0.05, 0) is 43.9 Å². The molecule has 0 heterocycles. The van der Waals surface area contributed by atoms with E-state index in [0.717, 1.165) is 30.2 Å². The number of halogens is 1. The number of rotatable bonds is 6. The molecule has 0 aromatic heterocycles. The van der Waals surface area contributed by atoms with Gasteiger partial charge in [-0.3, -0.25) is 9.59 Å². The Morgan fingerprint density at radius 3 is 2.77 bits per heavy atom. The molecule has 2 N–H and O–H groups in total. The molecule has 0 aliphatic heterocycles. The molecule has 0 bridgehead atoms. The maximum absolute atomic E-state index is 11.7. The van der Waals surface area contributed by atoms with Gasteiger partial charge in [-0.1, -0.05) is 22.8 Å². The highest BCUT2D eigenvalue weighted by Crippen LogP contribution is 2.27. The number of nitrogens with zero attached hydrogens (tertiary/aromatic N) is 1. The van der Waals surface area contributed by atoms with Crippen molar-refractivity contribution in [2.45, 2.75) is 32.7 Å². The van der Waals surface area contributed by atoms with Crippen molar-refractivity contribution < 1.29 is 14.4 Å². The summed E-state index contributed by atoms with van der Waals surface area (Å²) >= 11 is 6.09. The highest BCUT2D eigenvalue weighted by Gasteiger charge is 2.23. The van der Waals surface area contributed by atoms with E-state index in [1.807, 2.05) is 19.9 Å². The quantitative estimate of drug-likeness (QED) is 0.622. The average Bonchev–Trinajstić information content (AvgIpc) is 3.23. The predicted molar refractivity (Wildman–Crippen MR) is 85.2 cm³/mol. The standard InChI is InChI=1S/C15H18ClN3O3/c1-9-5-10(2)15(12(16)6-9)19-13(20)7-17-22-8-14(21)18-11-3-4-11/h5-7,11H,3-4,8H2,1-2H3,(H,18,21)(H,19,20)/b17-7+.